The molecular formula is C51H31N3OS. The average molecular weight is 734 g/mol. The van der Waals surface area contributed by atoms with E-state index in [0.717, 1.165) is 66.4 Å². The number of fused-ring (bicyclic) bond motifs is 6. The summed E-state index contributed by atoms with van der Waals surface area (Å²) in [7, 11) is 0. The van der Waals surface area contributed by atoms with Crippen LogP contribution in [0.15, 0.2) is 192 Å². The zero-order chi connectivity index (χ0) is 37.0. The second-order valence-electron chi connectivity index (χ2n) is 13.9. The number of nitrogens with zero attached hydrogens (tertiary/aromatic N) is 3. The molecule has 56 heavy (non-hydrogen) atoms. The maximum absolute atomic E-state index is 6.89. The molecule has 0 unspecified atom stereocenters. The Morgan fingerprint density at radius 3 is 1.59 bits per heavy atom. The first-order valence-corrected chi connectivity index (χ1v) is 19.5. The fourth-order valence-corrected chi connectivity index (χ4v) is 9.05. The standard InChI is InChI=1S/C51H31N3OS/c1-4-14-32(15-5-1)34-24-26-36(27-25-34)50-52-49(35-18-8-3-9-19-35)53-51(54-50)41-29-28-39(47-46(41)40-21-10-12-22-44(40)55-47)43-31-37(33-16-6-2-7-17-33)30-42-38-20-11-13-23-45(38)56-48(42)43/h1-31H. The zero-order valence-electron chi connectivity index (χ0n) is 30.1. The van der Waals surface area contributed by atoms with Gasteiger partial charge in [0.15, 0.2) is 17.5 Å². The molecule has 0 aliphatic rings. The van der Waals surface area contributed by atoms with Crippen molar-refractivity contribution in [3.8, 4) is 67.5 Å². The fraction of sp³-hybridized carbons (Fsp3) is 0. The minimum atomic E-state index is 0.592. The van der Waals surface area contributed by atoms with Gasteiger partial charge in [-0.05, 0) is 58.7 Å². The number of thiophene rings is 1. The lowest BCUT2D eigenvalue weighted by Gasteiger charge is -2.12. The van der Waals surface area contributed by atoms with Crippen molar-refractivity contribution in [2.75, 3.05) is 0 Å². The van der Waals surface area contributed by atoms with Crippen LogP contribution in [0.25, 0.3) is 110 Å². The van der Waals surface area contributed by atoms with E-state index in [9.17, 15) is 0 Å². The zero-order valence-corrected chi connectivity index (χ0v) is 30.9. The molecule has 8 aromatic carbocycles. The van der Waals surface area contributed by atoms with Gasteiger partial charge in [-0.15, -0.1) is 11.3 Å². The van der Waals surface area contributed by atoms with Crippen molar-refractivity contribution in [1.29, 1.82) is 0 Å². The van der Waals surface area contributed by atoms with Crippen LogP contribution in [0.5, 0.6) is 0 Å². The Balaban J connectivity index is 1.16. The molecule has 0 spiro atoms. The van der Waals surface area contributed by atoms with Crippen LogP contribution in [0.3, 0.4) is 0 Å². The SMILES string of the molecule is c1ccc(-c2ccc(-c3nc(-c4ccccc4)nc(-c4ccc(-c5cc(-c6ccccc6)cc6c5sc5ccccc56)c5oc6ccccc6c45)n3)cc2)cc1. The number of para-hydroxylation sites is 1. The van der Waals surface area contributed by atoms with Gasteiger partial charge in [0, 0.05) is 58.8 Å². The number of aromatic nitrogens is 3. The van der Waals surface area contributed by atoms with Crippen LogP contribution in [0.2, 0.25) is 0 Å². The summed E-state index contributed by atoms with van der Waals surface area (Å²) in [6.07, 6.45) is 0. The van der Waals surface area contributed by atoms with Gasteiger partial charge < -0.3 is 4.42 Å². The summed E-state index contributed by atoms with van der Waals surface area (Å²) >= 11 is 1.83. The van der Waals surface area contributed by atoms with E-state index in [0.29, 0.717) is 17.5 Å². The maximum atomic E-state index is 6.89. The van der Waals surface area contributed by atoms with E-state index in [1.54, 1.807) is 0 Å². The first kappa shape index (κ1) is 32.2. The molecule has 262 valence electrons. The van der Waals surface area contributed by atoms with Crippen molar-refractivity contribution in [3.63, 3.8) is 0 Å². The summed E-state index contributed by atoms with van der Waals surface area (Å²) in [5.41, 5.74) is 11.2. The highest BCUT2D eigenvalue weighted by atomic mass is 32.1. The number of furan rings is 1. The Hall–Kier alpha value is -7.21. The number of hydrogen-bond donors (Lipinski definition) is 0. The van der Waals surface area contributed by atoms with E-state index in [-0.39, 0.29) is 0 Å². The second kappa shape index (κ2) is 13.3. The Kier molecular flexibility index (Phi) is 7.64. The molecule has 0 aliphatic heterocycles. The first-order chi connectivity index (χ1) is 27.7. The summed E-state index contributed by atoms with van der Waals surface area (Å²) in [6, 6.07) is 65.6. The molecule has 0 fully saturated rings. The van der Waals surface area contributed by atoms with Crippen LogP contribution in [-0.2, 0) is 0 Å². The van der Waals surface area contributed by atoms with Gasteiger partial charge in [0.05, 0.1) is 0 Å². The molecule has 11 rings (SSSR count). The van der Waals surface area contributed by atoms with Crippen molar-refractivity contribution in [1.82, 2.24) is 15.0 Å². The molecule has 3 aromatic heterocycles. The van der Waals surface area contributed by atoms with Gasteiger partial charge in [-0.2, -0.15) is 0 Å². The van der Waals surface area contributed by atoms with Gasteiger partial charge in [0.2, 0.25) is 0 Å². The van der Waals surface area contributed by atoms with Crippen LogP contribution in [0.1, 0.15) is 0 Å². The van der Waals surface area contributed by atoms with Gasteiger partial charge in [-0.1, -0.05) is 152 Å². The summed E-state index contributed by atoms with van der Waals surface area (Å²) < 4.78 is 9.38. The lowest BCUT2D eigenvalue weighted by molar-refractivity contribution is 0.670. The summed E-state index contributed by atoms with van der Waals surface area (Å²) in [4.78, 5) is 15.4. The molecule has 0 bridgehead atoms. The Labute approximate surface area is 327 Å². The van der Waals surface area contributed by atoms with Crippen LogP contribution in [-0.4, -0.2) is 15.0 Å². The van der Waals surface area contributed by atoms with Crippen LogP contribution < -0.4 is 0 Å². The molecule has 4 nitrogen and oxygen atoms in total. The van der Waals surface area contributed by atoms with Gasteiger partial charge in [-0.3, -0.25) is 0 Å². The number of rotatable bonds is 6. The van der Waals surface area contributed by atoms with Gasteiger partial charge in [-0.25, -0.2) is 15.0 Å². The summed E-state index contributed by atoms with van der Waals surface area (Å²) in [6.45, 7) is 0. The highest BCUT2D eigenvalue weighted by Gasteiger charge is 2.23. The van der Waals surface area contributed by atoms with Crippen molar-refractivity contribution >= 4 is 53.4 Å². The Morgan fingerprint density at radius 1 is 0.357 bits per heavy atom. The Morgan fingerprint density at radius 2 is 0.875 bits per heavy atom. The molecule has 5 heteroatoms. The number of benzene rings is 8. The third-order valence-electron chi connectivity index (χ3n) is 10.6. The fourth-order valence-electron chi connectivity index (χ4n) is 7.84. The van der Waals surface area contributed by atoms with E-state index in [1.807, 2.05) is 59.9 Å². The third kappa shape index (κ3) is 5.48. The minimum absolute atomic E-state index is 0.592. The van der Waals surface area contributed by atoms with E-state index in [1.165, 1.54) is 25.7 Å². The molecule has 0 amide bonds. The molecule has 3 heterocycles. The lowest BCUT2D eigenvalue weighted by atomic mass is 9.93. The number of hydrogen-bond acceptors (Lipinski definition) is 5. The van der Waals surface area contributed by atoms with Crippen LogP contribution in [0.4, 0.5) is 0 Å². The quantitative estimate of drug-likeness (QED) is 0.171. The Bertz CT molecular complexity index is 3230. The molecule has 0 N–H and O–H groups in total. The van der Waals surface area contributed by atoms with Crippen molar-refractivity contribution < 1.29 is 4.42 Å². The van der Waals surface area contributed by atoms with Crippen molar-refractivity contribution in [3.05, 3.63) is 188 Å². The largest absolute Gasteiger partial charge is 0.455 e. The monoisotopic (exact) mass is 733 g/mol. The van der Waals surface area contributed by atoms with Crippen LogP contribution >= 0.6 is 11.3 Å². The second-order valence-corrected chi connectivity index (χ2v) is 15.0. The maximum Gasteiger partial charge on any atom is 0.164 e. The molecule has 0 radical (unpaired) electrons. The molecule has 0 aliphatic carbocycles. The predicted octanol–water partition coefficient (Wildman–Crippen LogP) is 14.1. The van der Waals surface area contributed by atoms with E-state index < -0.39 is 0 Å². The minimum Gasteiger partial charge on any atom is -0.455 e. The summed E-state index contributed by atoms with van der Waals surface area (Å²) in [5.74, 6) is 1.82. The normalized spacial score (nSPS) is 11.6. The summed E-state index contributed by atoms with van der Waals surface area (Å²) in [5, 5.41) is 4.49. The molecule has 0 atom stereocenters. The highest BCUT2D eigenvalue weighted by molar-refractivity contribution is 7.26. The lowest BCUT2D eigenvalue weighted by Crippen LogP contribution is -2.00. The molecular weight excluding hydrogens is 703 g/mol. The topological polar surface area (TPSA) is 51.8 Å². The highest BCUT2D eigenvalue weighted by Crippen LogP contribution is 2.47. The smallest absolute Gasteiger partial charge is 0.164 e. The van der Waals surface area contributed by atoms with E-state index in [4.69, 9.17) is 19.4 Å². The van der Waals surface area contributed by atoms with E-state index >= 15 is 0 Å². The third-order valence-corrected chi connectivity index (χ3v) is 11.8. The molecule has 11 aromatic rings. The van der Waals surface area contributed by atoms with Crippen molar-refractivity contribution in [2.24, 2.45) is 0 Å². The van der Waals surface area contributed by atoms with E-state index in [2.05, 4.69) is 140 Å². The van der Waals surface area contributed by atoms with Gasteiger partial charge in [0.1, 0.15) is 11.2 Å². The average Bonchev–Trinajstić information content (AvgIpc) is 3.86. The molecule has 0 saturated heterocycles. The van der Waals surface area contributed by atoms with Crippen molar-refractivity contribution in [2.45, 2.75) is 0 Å². The van der Waals surface area contributed by atoms with Gasteiger partial charge >= 0.3 is 0 Å². The predicted molar refractivity (Wildman–Crippen MR) is 233 cm³/mol. The first-order valence-electron chi connectivity index (χ1n) is 18.7. The molecule has 0 saturated carbocycles. The van der Waals surface area contributed by atoms with Crippen LogP contribution in [0, 0.1) is 0 Å². The van der Waals surface area contributed by atoms with Gasteiger partial charge in [0.25, 0.3) is 0 Å².